The van der Waals surface area contributed by atoms with E-state index in [-0.39, 0.29) is 22.7 Å². The summed E-state index contributed by atoms with van der Waals surface area (Å²) in [7, 11) is 0. The summed E-state index contributed by atoms with van der Waals surface area (Å²) in [6, 6.07) is 15.1. The number of fused-ring (bicyclic) bond motifs is 4. The van der Waals surface area contributed by atoms with Crippen molar-refractivity contribution in [2.24, 2.45) is 5.92 Å². The van der Waals surface area contributed by atoms with Crippen LogP contribution in [0, 0.1) is 5.92 Å². The van der Waals surface area contributed by atoms with Crippen LogP contribution in [0.1, 0.15) is 41.8 Å². The number of H-pyrrole nitrogens is 1. The van der Waals surface area contributed by atoms with Gasteiger partial charge in [0.15, 0.2) is 5.15 Å². The standard InChI is InChI=1S/C29H21Cl2N7O2/c30-17-3-5-23(37-13-25(31)35-36-37)18(10-17)16-8-24-19-11-20(19)28(38(24)27(40)9-16)22-12-32-29(34-22)15-1-4-21-14(7-15)2-6-26(39)33-21/h1,3-5,7-10,12-13,19-20,28H,2,6,11H2,(H,32,34)(H,33,39). The molecule has 8 rings (SSSR count). The third-order valence-electron chi connectivity index (χ3n) is 8.17. The molecule has 1 aliphatic carbocycles. The lowest BCUT2D eigenvalue weighted by Crippen LogP contribution is -2.26. The van der Waals surface area contributed by atoms with Crippen LogP contribution in [0.25, 0.3) is 28.2 Å². The first-order chi connectivity index (χ1) is 19.4. The van der Waals surface area contributed by atoms with E-state index in [1.165, 1.54) is 0 Å². The van der Waals surface area contributed by atoms with Crippen molar-refractivity contribution >= 4 is 34.8 Å². The number of nitrogens with zero attached hydrogens (tertiary/aromatic N) is 5. The molecule has 0 saturated heterocycles. The summed E-state index contributed by atoms with van der Waals surface area (Å²) >= 11 is 12.4. The molecule has 2 N–H and O–H groups in total. The van der Waals surface area contributed by atoms with Gasteiger partial charge in [0.1, 0.15) is 5.82 Å². The summed E-state index contributed by atoms with van der Waals surface area (Å²) in [4.78, 5) is 33.5. The number of carbonyl (C=O) groups is 1. The topological polar surface area (TPSA) is 110 Å². The fraction of sp³-hybridized carbons (Fsp3) is 0.207. The Hall–Kier alpha value is -4.21. The van der Waals surface area contributed by atoms with Gasteiger partial charge in [-0.15, -0.1) is 5.10 Å². The van der Waals surface area contributed by atoms with E-state index >= 15 is 0 Å². The molecule has 1 saturated carbocycles. The highest BCUT2D eigenvalue weighted by Crippen LogP contribution is 2.60. The largest absolute Gasteiger partial charge is 0.340 e. The number of hydrogen-bond donors (Lipinski definition) is 2. The normalized spacial score (nSPS) is 20.6. The van der Waals surface area contributed by atoms with Crippen LogP contribution in [0.5, 0.6) is 0 Å². The monoisotopic (exact) mass is 569 g/mol. The number of nitrogens with one attached hydrogen (secondary N) is 2. The van der Waals surface area contributed by atoms with E-state index in [2.05, 4.69) is 37.7 Å². The Balaban J connectivity index is 1.17. The lowest BCUT2D eigenvalue weighted by atomic mass is 10.0. The maximum atomic E-state index is 13.7. The zero-order valence-corrected chi connectivity index (χ0v) is 22.4. The van der Waals surface area contributed by atoms with Crippen molar-refractivity contribution in [2.45, 2.75) is 31.2 Å². The summed E-state index contributed by atoms with van der Waals surface area (Å²) in [5.74, 6) is 1.44. The summed E-state index contributed by atoms with van der Waals surface area (Å²) in [5.41, 5.74) is 7.06. The zero-order chi connectivity index (χ0) is 27.1. The molecule has 2 aromatic carbocycles. The molecule has 2 aliphatic heterocycles. The third-order valence-corrected chi connectivity index (χ3v) is 8.58. The highest BCUT2D eigenvalue weighted by Gasteiger charge is 2.53. The van der Waals surface area contributed by atoms with Crippen molar-refractivity contribution in [2.75, 3.05) is 5.32 Å². The molecule has 11 heteroatoms. The molecule has 5 aromatic rings. The van der Waals surface area contributed by atoms with E-state index in [0.29, 0.717) is 29.7 Å². The average Bonchev–Trinajstić information content (AvgIpc) is 3.23. The number of imidazole rings is 1. The Morgan fingerprint density at radius 2 is 1.88 bits per heavy atom. The Morgan fingerprint density at radius 1 is 0.975 bits per heavy atom. The van der Waals surface area contributed by atoms with Gasteiger partial charge in [-0.25, -0.2) is 9.67 Å². The van der Waals surface area contributed by atoms with Crippen LogP contribution in [-0.4, -0.2) is 35.4 Å². The molecule has 0 bridgehead atoms. The average molecular weight is 570 g/mol. The molecule has 1 fully saturated rings. The minimum absolute atomic E-state index is 0.0439. The number of hydrogen-bond acceptors (Lipinski definition) is 5. The van der Waals surface area contributed by atoms with E-state index in [1.54, 1.807) is 23.0 Å². The van der Waals surface area contributed by atoms with Crippen molar-refractivity contribution in [3.63, 3.8) is 0 Å². The number of aromatic nitrogens is 6. The number of pyridine rings is 1. The highest BCUT2D eigenvalue weighted by atomic mass is 35.5. The zero-order valence-electron chi connectivity index (χ0n) is 20.9. The number of amides is 1. The van der Waals surface area contributed by atoms with Crippen molar-refractivity contribution in [3.8, 4) is 28.2 Å². The van der Waals surface area contributed by atoms with Gasteiger partial charge in [-0.05, 0) is 72.4 Å². The predicted molar refractivity (Wildman–Crippen MR) is 151 cm³/mol. The third kappa shape index (κ3) is 3.72. The smallest absolute Gasteiger partial charge is 0.251 e. The van der Waals surface area contributed by atoms with E-state index in [9.17, 15) is 9.59 Å². The molecule has 3 unspecified atom stereocenters. The van der Waals surface area contributed by atoms with Crippen LogP contribution < -0.4 is 10.9 Å². The second kappa shape index (κ2) is 8.64. The van der Waals surface area contributed by atoms with Crippen LogP contribution in [0.3, 0.4) is 0 Å². The van der Waals surface area contributed by atoms with Gasteiger partial charge in [0.25, 0.3) is 5.56 Å². The van der Waals surface area contributed by atoms with E-state index in [4.69, 9.17) is 23.2 Å². The van der Waals surface area contributed by atoms with Gasteiger partial charge in [0.05, 0.1) is 29.8 Å². The van der Waals surface area contributed by atoms with Crippen LogP contribution in [0.2, 0.25) is 10.2 Å². The Bertz CT molecular complexity index is 1920. The van der Waals surface area contributed by atoms with Crippen LogP contribution >= 0.6 is 23.2 Å². The summed E-state index contributed by atoms with van der Waals surface area (Å²) in [6.07, 6.45) is 5.67. The quantitative estimate of drug-likeness (QED) is 0.301. The number of halogens is 2. The van der Waals surface area contributed by atoms with Crippen molar-refractivity contribution in [3.05, 3.63) is 98.4 Å². The van der Waals surface area contributed by atoms with Gasteiger partial charge in [-0.1, -0.05) is 28.4 Å². The molecule has 198 valence electrons. The number of anilines is 1. The van der Waals surface area contributed by atoms with Gasteiger partial charge in [0, 0.05) is 45.9 Å². The van der Waals surface area contributed by atoms with Crippen molar-refractivity contribution in [1.29, 1.82) is 0 Å². The summed E-state index contributed by atoms with van der Waals surface area (Å²) in [6.45, 7) is 0. The molecular weight excluding hydrogens is 549 g/mol. The fourth-order valence-corrected chi connectivity index (χ4v) is 6.57. The molecular formula is C29H21Cl2N7O2. The van der Waals surface area contributed by atoms with Crippen LogP contribution in [-0.2, 0) is 11.2 Å². The SMILES string of the molecule is O=C1CCc2cc(-c3ncc(C4C5CC5c5cc(-c6cc(Cl)ccc6-n6cc(Cl)nn6)cc(=O)n54)[nH]3)ccc2N1. The van der Waals surface area contributed by atoms with Gasteiger partial charge in [-0.2, -0.15) is 0 Å². The van der Waals surface area contributed by atoms with Gasteiger partial charge >= 0.3 is 0 Å². The first-order valence-electron chi connectivity index (χ1n) is 13.1. The lowest BCUT2D eigenvalue weighted by molar-refractivity contribution is -0.116. The molecule has 0 spiro atoms. The number of carbonyl (C=O) groups excluding carboxylic acids is 1. The van der Waals surface area contributed by atoms with E-state index in [0.717, 1.165) is 57.3 Å². The van der Waals surface area contributed by atoms with Gasteiger partial charge in [-0.3, -0.25) is 9.59 Å². The second-order valence-electron chi connectivity index (χ2n) is 10.6. The molecule has 9 nitrogen and oxygen atoms in total. The molecule has 3 aliphatic rings. The first-order valence-corrected chi connectivity index (χ1v) is 13.8. The fourth-order valence-electron chi connectivity index (χ4n) is 6.27. The number of aryl methyl sites for hydroxylation is 1. The minimum atomic E-state index is -0.104. The first kappa shape index (κ1) is 23.7. The number of benzene rings is 2. The Morgan fingerprint density at radius 3 is 2.73 bits per heavy atom. The van der Waals surface area contributed by atoms with Gasteiger partial charge in [0.2, 0.25) is 5.91 Å². The number of rotatable bonds is 4. The molecule has 0 radical (unpaired) electrons. The molecule has 40 heavy (non-hydrogen) atoms. The summed E-state index contributed by atoms with van der Waals surface area (Å²) < 4.78 is 3.49. The maximum Gasteiger partial charge on any atom is 0.251 e. The molecule has 3 aromatic heterocycles. The van der Waals surface area contributed by atoms with Crippen LogP contribution in [0.4, 0.5) is 5.69 Å². The molecule has 3 atom stereocenters. The van der Waals surface area contributed by atoms with Gasteiger partial charge < -0.3 is 14.9 Å². The maximum absolute atomic E-state index is 13.7. The lowest BCUT2D eigenvalue weighted by Gasteiger charge is -2.18. The summed E-state index contributed by atoms with van der Waals surface area (Å²) in [5, 5.41) is 11.8. The minimum Gasteiger partial charge on any atom is -0.340 e. The Kier molecular flexibility index (Phi) is 5.11. The van der Waals surface area contributed by atoms with Crippen LogP contribution in [0.15, 0.2) is 65.7 Å². The van der Waals surface area contributed by atoms with E-state index < -0.39 is 0 Å². The second-order valence-corrected chi connectivity index (χ2v) is 11.4. The van der Waals surface area contributed by atoms with Crippen molar-refractivity contribution in [1.82, 2.24) is 29.5 Å². The number of aromatic amines is 1. The van der Waals surface area contributed by atoms with Crippen molar-refractivity contribution < 1.29 is 4.79 Å². The molecule has 5 heterocycles. The van der Waals surface area contributed by atoms with E-state index in [1.807, 2.05) is 35.0 Å². The highest BCUT2D eigenvalue weighted by molar-refractivity contribution is 6.31. The Labute approximate surface area is 237 Å². The predicted octanol–water partition coefficient (Wildman–Crippen LogP) is 5.38. The molecule has 1 amide bonds.